The minimum absolute atomic E-state index is 0.0960. The molecule has 3 rings (SSSR count). The van der Waals surface area contributed by atoms with Crippen molar-refractivity contribution < 1.29 is 13.9 Å². The maximum Gasteiger partial charge on any atom is 0.123 e. The third-order valence-electron chi connectivity index (χ3n) is 4.95. The van der Waals surface area contributed by atoms with Gasteiger partial charge in [0.25, 0.3) is 0 Å². The number of rotatable bonds is 6. The number of H-pyrrole nitrogens is 1. The molecule has 27 heavy (non-hydrogen) atoms. The molecule has 2 aromatic carbocycles. The predicted molar refractivity (Wildman–Crippen MR) is 102 cm³/mol. The Morgan fingerprint density at radius 3 is 2.59 bits per heavy atom. The summed E-state index contributed by atoms with van der Waals surface area (Å²) in [5.74, 6) is -0.353. The number of aliphatic hydroxyl groups is 1. The standard InChI is InChI=1S/C22H22F2N2O/c1-21(2,17-4-3-5-18(24)10-17)13-22(27,14-23)11-19-9-16-8-15(12-25)6-7-20(16)26-19/h3-10,26-27H,11,13-14H2,1-2H3. The van der Waals surface area contributed by atoms with Crippen molar-refractivity contribution in [2.45, 2.75) is 37.7 Å². The summed E-state index contributed by atoms with van der Waals surface area (Å²) in [5, 5.41) is 20.8. The van der Waals surface area contributed by atoms with Gasteiger partial charge in [0.2, 0.25) is 0 Å². The highest BCUT2D eigenvalue weighted by Crippen LogP contribution is 2.35. The first-order valence-corrected chi connectivity index (χ1v) is 8.81. The number of hydrogen-bond acceptors (Lipinski definition) is 2. The molecular formula is C22H22F2N2O. The fourth-order valence-electron chi connectivity index (χ4n) is 3.70. The average Bonchev–Trinajstić information content (AvgIpc) is 3.02. The molecule has 0 spiro atoms. The second kappa shape index (κ2) is 7.13. The SMILES string of the molecule is CC(C)(CC(O)(CF)Cc1cc2cc(C#N)ccc2[nH]1)c1cccc(F)c1. The largest absolute Gasteiger partial charge is 0.387 e. The topological polar surface area (TPSA) is 59.8 Å². The van der Waals surface area contributed by atoms with Gasteiger partial charge in [-0.1, -0.05) is 26.0 Å². The minimum Gasteiger partial charge on any atom is -0.387 e. The van der Waals surface area contributed by atoms with Gasteiger partial charge in [0, 0.05) is 23.0 Å². The smallest absolute Gasteiger partial charge is 0.123 e. The Labute approximate surface area is 157 Å². The lowest BCUT2D eigenvalue weighted by Crippen LogP contribution is -2.40. The molecular weight excluding hydrogens is 346 g/mol. The molecule has 1 atom stereocenters. The summed E-state index contributed by atoms with van der Waals surface area (Å²) in [7, 11) is 0. The fraction of sp³-hybridized carbons (Fsp3) is 0.318. The lowest BCUT2D eigenvalue weighted by molar-refractivity contribution is -0.00926. The van der Waals surface area contributed by atoms with Crippen molar-refractivity contribution in [2.24, 2.45) is 0 Å². The molecule has 3 aromatic rings. The van der Waals surface area contributed by atoms with Gasteiger partial charge in [0.05, 0.1) is 17.2 Å². The van der Waals surface area contributed by atoms with Crippen LogP contribution in [0.5, 0.6) is 0 Å². The lowest BCUT2D eigenvalue weighted by atomic mass is 9.74. The van der Waals surface area contributed by atoms with E-state index in [1.54, 1.807) is 30.3 Å². The molecule has 0 bridgehead atoms. The molecule has 1 unspecified atom stereocenters. The zero-order valence-electron chi connectivity index (χ0n) is 15.4. The molecule has 1 heterocycles. The monoisotopic (exact) mass is 368 g/mol. The number of hydrogen-bond donors (Lipinski definition) is 2. The predicted octanol–water partition coefficient (Wildman–Crippen LogP) is 4.79. The highest BCUT2D eigenvalue weighted by molar-refractivity contribution is 5.81. The van der Waals surface area contributed by atoms with E-state index in [0.717, 1.165) is 10.9 Å². The van der Waals surface area contributed by atoms with Gasteiger partial charge in [-0.2, -0.15) is 5.26 Å². The first kappa shape index (κ1) is 19.1. The van der Waals surface area contributed by atoms with Crippen LogP contribution in [-0.2, 0) is 11.8 Å². The van der Waals surface area contributed by atoms with Gasteiger partial charge in [0.1, 0.15) is 12.5 Å². The van der Waals surface area contributed by atoms with Crippen molar-refractivity contribution in [3.63, 3.8) is 0 Å². The van der Waals surface area contributed by atoms with Crippen LogP contribution in [0.2, 0.25) is 0 Å². The number of benzene rings is 2. The van der Waals surface area contributed by atoms with Gasteiger partial charge in [-0.25, -0.2) is 8.78 Å². The summed E-state index contributed by atoms with van der Waals surface area (Å²) in [6.45, 7) is 2.82. The van der Waals surface area contributed by atoms with Crippen molar-refractivity contribution in [1.29, 1.82) is 5.26 Å². The van der Waals surface area contributed by atoms with E-state index in [9.17, 15) is 13.9 Å². The zero-order valence-corrected chi connectivity index (χ0v) is 15.4. The summed E-state index contributed by atoms with van der Waals surface area (Å²) < 4.78 is 27.4. The van der Waals surface area contributed by atoms with E-state index in [2.05, 4.69) is 11.1 Å². The van der Waals surface area contributed by atoms with Crippen molar-refractivity contribution in [3.05, 3.63) is 71.2 Å². The quantitative estimate of drug-likeness (QED) is 0.657. The van der Waals surface area contributed by atoms with Crippen molar-refractivity contribution >= 4 is 10.9 Å². The number of nitriles is 1. The number of halogens is 2. The van der Waals surface area contributed by atoms with E-state index in [1.165, 1.54) is 12.1 Å². The Morgan fingerprint density at radius 2 is 1.93 bits per heavy atom. The molecule has 3 nitrogen and oxygen atoms in total. The molecule has 1 aromatic heterocycles. The first-order valence-electron chi connectivity index (χ1n) is 8.81. The van der Waals surface area contributed by atoms with Gasteiger partial charge < -0.3 is 10.1 Å². The summed E-state index contributed by atoms with van der Waals surface area (Å²) in [4.78, 5) is 3.18. The van der Waals surface area contributed by atoms with E-state index < -0.39 is 17.7 Å². The Kier molecular flexibility index (Phi) is 5.03. The zero-order chi connectivity index (χ0) is 19.7. The molecule has 0 amide bonds. The summed E-state index contributed by atoms with van der Waals surface area (Å²) in [6, 6.07) is 15.3. The van der Waals surface area contributed by atoms with E-state index in [-0.39, 0.29) is 18.7 Å². The van der Waals surface area contributed by atoms with Crippen molar-refractivity contribution in [2.75, 3.05) is 6.67 Å². The second-order valence-corrected chi connectivity index (χ2v) is 7.81. The number of alkyl halides is 1. The number of aromatic nitrogens is 1. The van der Waals surface area contributed by atoms with Gasteiger partial charge in [0.15, 0.2) is 0 Å². The van der Waals surface area contributed by atoms with Gasteiger partial charge in [-0.05, 0) is 53.8 Å². The van der Waals surface area contributed by atoms with E-state index in [0.29, 0.717) is 16.8 Å². The third-order valence-corrected chi connectivity index (χ3v) is 4.95. The molecule has 140 valence electrons. The average molecular weight is 368 g/mol. The second-order valence-electron chi connectivity index (χ2n) is 7.81. The Balaban J connectivity index is 1.85. The number of fused-ring (bicyclic) bond motifs is 1. The molecule has 0 saturated heterocycles. The first-order chi connectivity index (χ1) is 12.7. The normalized spacial score (nSPS) is 14.1. The molecule has 0 radical (unpaired) electrons. The highest BCUT2D eigenvalue weighted by atomic mass is 19.1. The van der Waals surface area contributed by atoms with Gasteiger partial charge >= 0.3 is 0 Å². The van der Waals surface area contributed by atoms with Crippen LogP contribution in [0.4, 0.5) is 8.78 Å². The van der Waals surface area contributed by atoms with Gasteiger partial charge in [-0.3, -0.25) is 0 Å². The van der Waals surface area contributed by atoms with Crippen LogP contribution >= 0.6 is 0 Å². The van der Waals surface area contributed by atoms with Crippen LogP contribution in [0.15, 0.2) is 48.5 Å². The van der Waals surface area contributed by atoms with E-state index in [1.807, 2.05) is 19.9 Å². The van der Waals surface area contributed by atoms with Crippen molar-refractivity contribution in [1.82, 2.24) is 4.98 Å². The highest BCUT2D eigenvalue weighted by Gasteiger charge is 2.36. The molecule has 0 aliphatic rings. The van der Waals surface area contributed by atoms with Crippen LogP contribution < -0.4 is 0 Å². The Morgan fingerprint density at radius 1 is 1.15 bits per heavy atom. The summed E-state index contributed by atoms with van der Waals surface area (Å²) >= 11 is 0. The lowest BCUT2D eigenvalue weighted by Gasteiger charge is -2.35. The summed E-state index contributed by atoms with van der Waals surface area (Å²) in [5.41, 5.74) is 0.577. The fourth-order valence-corrected chi connectivity index (χ4v) is 3.70. The molecule has 5 heteroatoms. The van der Waals surface area contributed by atoms with Gasteiger partial charge in [-0.15, -0.1) is 0 Å². The molecule has 0 fully saturated rings. The van der Waals surface area contributed by atoms with Crippen molar-refractivity contribution in [3.8, 4) is 6.07 Å². The maximum atomic E-state index is 13.8. The van der Waals surface area contributed by atoms with E-state index in [4.69, 9.17) is 5.26 Å². The van der Waals surface area contributed by atoms with Crippen LogP contribution in [0.1, 0.15) is 37.1 Å². The number of nitrogens with one attached hydrogen (secondary N) is 1. The maximum absolute atomic E-state index is 13.8. The van der Waals surface area contributed by atoms with Crippen LogP contribution in [0.25, 0.3) is 10.9 Å². The number of aromatic amines is 1. The molecule has 0 saturated carbocycles. The molecule has 0 aliphatic heterocycles. The summed E-state index contributed by atoms with van der Waals surface area (Å²) in [6.07, 6.45) is 0.234. The van der Waals surface area contributed by atoms with Crippen LogP contribution in [0, 0.1) is 17.1 Å². The molecule has 2 N–H and O–H groups in total. The minimum atomic E-state index is -1.59. The van der Waals surface area contributed by atoms with E-state index >= 15 is 0 Å². The van der Waals surface area contributed by atoms with Crippen LogP contribution in [0.3, 0.4) is 0 Å². The Bertz CT molecular complexity index is 1000. The number of nitrogens with zero attached hydrogens (tertiary/aromatic N) is 1. The van der Waals surface area contributed by atoms with Crippen LogP contribution in [-0.4, -0.2) is 22.4 Å². The Hall–Kier alpha value is -2.71. The molecule has 0 aliphatic carbocycles. The third kappa shape index (κ3) is 4.17.